The lowest BCUT2D eigenvalue weighted by Crippen LogP contribution is -2.00. The second-order valence-electron chi connectivity index (χ2n) is 5.10. The lowest BCUT2D eigenvalue weighted by Gasteiger charge is -2.10. The summed E-state index contributed by atoms with van der Waals surface area (Å²) in [7, 11) is 0. The van der Waals surface area contributed by atoms with E-state index in [0.717, 1.165) is 11.6 Å². The van der Waals surface area contributed by atoms with Gasteiger partial charge in [-0.1, -0.05) is 33.3 Å². The number of nitrogen functional groups attached to an aromatic ring is 1. The molecule has 94 valence electrons. The van der Waals surface area contributed by atoms with Crippen LogP contribution < -0.4 is 5.73 Å². The summed E-state index contributed by atoms with van der Waals surface area (Å²) in [4.78, 5) is 0. The van der Waals surface area contributed by atoms with E-state index in [1.54, 1.807) is 11.1 Å². The Morgan fingerprint density at radius 3 is 2.59 bits per heavy atom. The third-order valence-corrected chi connectivity index (χ3v) is 4.23. The van der Waals surface area contributed by atoms with E-state index in [2.05, 4.69) is 13.0 Å². The van der Waals surface area contributed by atoms with Crippen LogP contribution in [0.15, 0.2) is 6.07 Å². The van der Waals surface area contributed by atoms with E-state index in [9.17, 15) is 0 Å². The van der Waals surface area contributed by atoms with Gasteiger partial charge in [-0.15, -0.1) is 0 Å². The number of rotatable bonds is 1. The zero-order valence-electron chi connectivity index (χ0n) is 11.5. The molecule has 0 bridgehead atoms. The highest BCUT2D eigenvalue weighted by molar-refractivity contribution is 5.63. The van der Waals surface area contributed by atoms with Crippen molar-refractivity contribution in [1.29, 1.82) is 0 Å². The van der Waals surface area contributed by atoms with E-state index < -0.39 is 0 Å². The highest BCUT2D eigenvalue weighted by Crippen LogP contribution is 2.39. The van der Waals surface area contributed by atoms with Gasteiger partial charge in [-0.25, -0.2) is 0 Å². The summed E-state index contributed by atoms with van der Waals surface area (Å²) >= 11 is 0. The molecule has 2 N–H and O–H groups in total. The molecular weight excluding hydrogens is 206 g/mol. The molecule has 3 rings (SSSR count). The van der Waals surface area contributed by atoms with Crippen LogP contribution >= 0.6 is 0 Å². The molecule has 1 unspecified atom stereocenters. The van der Waals surface area contributed by atoms with Crippen molar-refractivity contribution in [3.63, 3.8) is 0 Å². The van der Waals surface area contributed by atoms with Crippen LogP contribution in [-0.2, 0) is 25.7 Å². The number of hydrogen-bond donors (Lipinski definition) is 1. The fraction of sp³-hybridized carbons (Fsp3) is 0.625. The van der Waals surface area contributed by atoms with Crippen molar-refractivity contribution in [2.75, 3.05) is 5.73 Å². The smallest absolute Gasteiger partial charge is 0.0384 e. The normalized spacial score (nSPS) is 20.5. The van der Waals surface area contributed by atoms with Gasteiger partial charge in [0.1, 0.15) is 0 Å². The summed E-state index contributed by atoms with van der Waals surface area (Å²) in [6.07, 6.45) is 7.56. The van der Waals surface area contributed by atoms with Gasteiger partial charge in [0.05, 0.1) is 0 Å². The zero-order chi connectivity index (χ0) is 12.4. The number of hydrogen-bond acceptors (Lipinski definition) is 1. The summed E-state index contributed by atoms with van der Waals surface area (Å²) < 4.78 is 0. The Morgan fingerprint density at radius 1 is 1.12 bits per heavy atom. The van der Waals surface area contributed by atoms with Crippen LogP contribution in [0.1, 0.15) is 55.9 Å². The van der Waals surface area contributed by atoms with E-state index >= 15 is 0 Å². The lowest BCUT2D eigenvalue weighted by atomic mass is 9.99. The second-order valence-corrected chi connectivity index (χ2v) is 5.10. The molecule has 1 nitrogen and oxygen atoms in total. The van der Waals surface area contributed by atoms with Gasteiger partial charge < -0.3 is 5.73 Å². The quantitative estimate of drug-likeness (QED) is 0.729. The molecule has 1 aromatic carbocycles. The molecule has 2 aliphatic rings. The van der Waals surface area contributed by atoms with Gasteiger partial charge in [0.25, 0.3) is 0 Å². The van der Waals surface area contributed by atoms with E-state index in [-0.39, 0.29) is 0 Å². The predicted octanol–water partition coefficient (Wildman–Crippen LogP) is 3.91. The predicted molar refractivity (Wildman–Crippen MR) is 75.4 cm³/mol. The maximum absolute atomic E-state index is 6.30. The summed E-state index contributed by atoms with van der Waals surface area (Å²) in [5.41, 5.74) is 13.5. The standard InChI is InChI=1S/C14H19N.C2H6/c1-2-9-6-11-8-10-4-3-5-12(10)14(15)13(11)7-9;1-2/h8-9H,2-7,15H2,1H3;1-2H3. The maximum Gasteiger partial charge on any atom is 0.0384 e. The third kappa shape index (κ3) is 2.08. The highest BCUT2D eigenvalue weighted by atomic mass is 14.6. The average Bonchev–Trinajstić information content (AvgIpc) is 2.98. The molecule has 0 fully saturated rings. The molecule has 0 aliphatic heterocycles. The Balaban J connectivity index is 0.000000514. The fourth-order valence-corrected chi connectivity index (χ4v) is 3.27. The van der Waals surface area contributed by atoms with Gasteiger partial charge in [-0.2, -0.15) is 0 Å². The first kappa shape index (κ1) is 12.5. The molecular formula is C16H25N. The monoisotopic (exact) mass is 231 g/mol. The summed E-state index contributed by atoms with van der Waals surface area (Å²) in [6.45, 7) is 6.29. The molecule has 0 amide bonds. The van der Waals surface area contributed by atoms with E-state index in [1.165, 1.54) is 49.7 Å². The van der Waals surface area contributed by atoms with Gasteiger partial charge in [0.2, 0.25) is 0 Å². The van der Waals surface area contributed by atoms with Gasteiger partial charge in [0, 0.05) is 5.69 Å². The maximum atomic E-state index is 6.30. The van der Waals surface area contributed by atoms with Gasteiger partial charge in [0.15, 0.2) is 0 Å². The van der Waals surface area contributed by atoms with Crippen molar-refractivity contribution in [2.24, 2.45) is 5.92 Å². The Bertz CT molecular complexity index is 406. The van der Waals surface area contributed by atoms with Gasteiger partial charge in [-0.05, 0) is 60.3 Å². The Morgan fingerprint density at radius 2 is 1.88 bits per heavy atom. The molecule has 0 spiro atoms. The minimum Gasteiger partial charge on any atom is -0.398 e. The lowest BCUT2D eigenvalue weighted by molar-refractivity contribution is 0.543. The molecule has 0 aromatic heterocycles. The van der Waals surface area contributed by atoms with Crippen molar-refractivity contribution in [1.82, 2.24) is 0 Å². The van der Waals surface area contributed by atoms with Crippen molar-refractivity contribution < 1.29 is 0 Å². The second kappa shape index (κ2) is 5.12. The molecule has 0 radical (unpaired) electrons. The van der Waals surface area contributed by atoms with Crippen LogP contribution in [0.2, 0.25) is 0 Å². The first-order valence-corrected chi connectivity index (χ1v) is 7.21. The van der Waals surface area contributed by atoms with E-state index in [1.807, 2.05) is 13.8 Å². The topological polar surface area (TPSA) is 26.0 Å². The van der Waals surface area contributed by atoms with Crippen LogP contribution in [-0.4, -0.2) is 0 Å². The average molecular weight is 231 g/mol. The largest absolute Gasteiger partial charge is 0.398 e. The number of benzene rings is 1. The molecule has 0 saturated heterocycles. The summed E-state index contributed by atoms with van der Waals surface area (Å²) in [5, 5.41) is 0. The SMILES string of the molecule is CC.CCC1Cc2cc3c(c(N)c2C1)CCC3. The Kier molecular flexibility index (Phi) is 3.76. The Hall–Kier alpha value is -0.980. The van der Waals surface area contributed by atoms with Crippen molar-refractivity contribution in [3.8, 4) is 0 Å². The summed E-state index contributed by atoms with van der Waals surface area (Å²) in [5.74, 6) is 0.852. The molecule has 2 aliphatic carbocycles. The first-order chi connectivity index (χ1) is 8.29. The number of fused-ring (bicyclic) bond motifs is 2. The van der Waals surface area contributed by atoms with Crippen molar-refractivity contribution >= 4 is 5.69 Å². The highest BCUT2D eigenvalue weighted by Gasteiger charge is 2.26. The van der Waals surface area contributed by atoms with Crippen LogP contribution in [0, 0.1) is 5.92 Å². The van der Waals surface area contributed by atoms with Crippen LogP contribution in [0.25, 0.3) is 0 Å². The van der Waals surface area contributed by atoms with E-state index in [0.29, 0.717) is 0 Å². The molecule has 1 heteroatoms. The minimum atomic E-state index is 0.852. The molecule has 1 atom stereocenters. The van der Waals surface area contributed by atoms with Crippen molar-refractivity contribution in [3.05, 3.63) is 28.3 Å². The Labute approximate surface area is 105 Å². The van der Waals surface area contributed by atoms with E-state index in [4.69, 9.17) is 5.73 Å². The third-order valence-electron chi connectivity index (χ3n) is 4.23. The minimum absolute atomic E-state index is 0.852. The number of anilines is 1. The van der Waals surface area contributed by atoms with Crippen molar-refractivity contribution in [2.45, 2.75) is 59.3 Å². The zero-order valence-corrected chi connectivity index (χ0v) is 11.5. The molecule has 1 aromatic rings. The first-order valence-electron chi connectivity index (χ1n) is 7.21. The molecule has 0 heterocycles. The van der Waals surface area contributed by atoms with Crippen LogP contribution in [0.4, 0.5) is 5.69 Å². The van der Waals surface area contributed by atoms with Gasteiger partial charge in [-0.3, -0.25) is 0 Å². The molecule has 17 heavy (non-hydrogen) atoms. The van der Waals surface area contributed by atoms with Gasteiger partial charge >= 0.3 is 0 Å². The molecule has 0 saturated carbocycles. The van der Waals surface area contributed by atoms with Crippen LogP contribution in [0.5, 0.6) is 0 Å². The fourth-order valence-electron chi connectivity index (χ4n) is 3.27. The number of aryl methyl sites for hydroxylation is 1. The number of nitrogens with two attached hydrogens (primary N) is 1. The van der Waals surface area contributed by atoms with Crippen LogP contribution in [0.3, 0.4) is 0 Å². The summed E-state index contributed by atoms with van der Waals surface area (Å²) in [6, 6.07) is 2.45.